The van der Waals surface area contributed by atoms with E-state index in [0.717, 1.165) is 5.56 Å². The number of aliphatic hydroxyl groups excluding tert-OH is 1. The predicted octanol–water partition coefficient (Wildman–Crippen LogP) is 1.02. The first-order chi connectivity index (χ1) is 10.1. The lowest BCUT2D eigenvalue weighted by Gasteiger charge is -2.36. The highest BCUT2D eigenvalue weighted by Gasteiger charge is 2.31. The number of aliphatic carboxylic acids is 2. The first-order valence-corrected chi connectivity index (χ1v) is 6.44. The first-order valence-electron chi connectivity index (χ1n) is 6.44. The summed E-state index contributed by atoms with van der Waals surface area (Å²) in [4.78, 5) is 19.1. The van der Waals surface area contributed by atoms with Gasteiger partial charge in [-0.15, -0.1) is 0 Å². The Bertz CT molecular complexity index is 496. The van der Waals surface area contributed by atoms with E-state index in [4.69, 9.17) is 16.1 Å². The van der Waals surface area contributed by atoms with Crippen molar-refractivity contribution >= 4 is 11.9 Å². The highest BCUT2D eigenvalue weighted by atomic mass is 16.4. The lowest BCUT2D eigenvalue weighted by atomic mass is 9.91. The maximum atomic E-state index is 10.1. The Hall–Kier alpha value is -2.22. The van der Waals surface area contributed by atoms with Crippen molar-refractivity contribution in [3.05, 3.63) is 48.0 Å². The Kier molecular flexibility index (Phi) is 8.03. The highest BCUT2D eigenvalue weighted by molar-refractivity contribution is 5.89. The molecule has 1 aromatic rings. The lowest BCUT2D eigenvalue weighted by Crippen LogP contribution is -2.50. The second-order valence-electron chi connectivity index (χ2n) is 5.09. The van der Waals surface area contributed by atoms with Crippen molar-refractivity contribution < 1.29 is 24.9 Å². The van der Waals surface area contributed by atoms with Gasteiger partial charge in [0.2, 0.25) is 0 Å². The van der Waals surface area contributed by atoms with Crippen molar-refractivity contribution in [3.63, 3.8) is 0 Å². The van der Waals surface area contributed by atoms with E-state index in [2.05, 4.69) is 0 Å². The zero-order valence-electron chi connectivity index (χ0n) is 12.8. The van der Waals surface area contributed by atoms with Crippen LogP contribution in [0.1, 0.15) is 25.5 Å². The Balaban J connectivity index is 0.000000472. The fourth-order valence-corrected chi connectivity index (χ4v) is 1.38. The third-order valence-corrected chi connectivity index (χ3v) is 3.06. The van der Waals surface area contributed by atoms with Crippen LogP contribution in [0.5, 0.6) is 0 Å². The summed E-state index contributed by atoms with van der Waals surface area (Å²) in [5, 5.41) is 27.3. The standard InChI is InChI=1S/C11H18N2O.C4H4O4/c1-11(2,13(3)12)10(14)9-7-5-4-6-8-9;5-3(6)1-2-4(7)8/h4-8,10,14H,12H2,1-3H3;1-2H,(H,5,6)(H,7,8)/b;2-1+. The molecule has 0 bridgehead atoms. The third-order valence-electron chi connectivity index (χ3n) is 3.06. The van der Waals surface area contributed by atoms with Crippen LogP contribution in [0.25, 0.3) is 0 Å². The molecule has 0 aliphatic heterocycles. The van der Waals surface area contributed by atoms with Crippen LogP contribution in [0, 0.1) is 0 Å². The minimum Gasteiger partial charge on any atom is -0.478 e. The fraction of sp³-hybridized carbons (Fsp3) is 0.333. The van der Waals surface area contributed by atoms with E-state index in [1.54, 1.807) is 7.05 Å². The van der Waals surface area contributed by atoms with Gasteiger partial charge in [-0.25, -0.2) is 14.6 Å². The Morgan fingerprint density at radius 3 is 1.86 bits per heavy atom. The van der Waals surface area contributed by atoms with Gasteiger partial charge >= 0.3 is 11.9 Å². The van der Waals surface area contributed by atoms with Gasteiger partial charge in [0.15, 0.2) is 0 Å². The largest absolute Gasteiger partial charge is 0.478 e. The molecule has 0 aliphatic carbocycles. The van der Waals surface area contributed by atoms with E-state index in [1.165, 1.54) is 5.01 Å². The van der Waals surface area contributed by atoms with Gasteiger partial charge < -0.3 is 15.3 Å². The van der Waals surface area contributed by atoms with Crippen LogP contribution in [-0.2, 0) is 9.59 Å². The van der Waals surface area contributed by atoms with Crippen LogP contribution in [0.4, 0.5) is 0 Å². The molecule has 0 amide bonds. The number of aliphatic hydroxyl groups is 1. The number of carboxylic acids is 2. The number of nitrogens with two attached hydrogens (primary N) is 1. The summed E-state index contributed by atoms with van der Waals surface area (Å²) in [6.45, 7) is 3.81. The van der Waals surface area contributed by atoms with Crippen LogP contribution < -0.4 is 5.84 Å². The molecule has 5 N–H and O–H groups in total. The molecule has 0 fully saturated rings. The van der Waals surface area contributed by atoms with Gasteiger partial charge in [0.05, 0.1) is 11.6 Å². The van der Waals surface area contributed by atoms with Crippen molar-refractivity contribution in [2.24, 2.45) is 5.84 Å². The SMILES string of the molecule is CN(N)C(C)(C)C(O)c1ccccc1.O=C(O)/C=C/C(=O)O. The molecule has 0 aromatic heterocycles. The summed E-state index contributed by atoms with van der Waals surface area (Å²) in [7, 11) is 1.76. The van der Waals surface area contributed by atoms with Crippen molar-refractivity contribution in [3.8, 4) is 0 Å². The summed E-state index contributed by atoms with van der Waals surface area (Å²) < 4.78 is 0. The van der Waals surface area contributed by atoms with E-state index in [0.29, 0.717) is 12.2 Å². The number of hydrogen-bond acceptors (Lipinski definition) is 5. The Morgan fingerprint density at radius 1 is 1.14 bits per heavy atom. The van der Waals surface area contributed by atoms with E-state index in [1.807, 2.05) is 44.2 Å². The molecule has 0 saturated heterocycles. The van der Waals surface area contributed by atoms with Crippen LogP contribution >= 0.6 is 0 Å². The molecule has 1 rings (SSSR count). The Morgan fingerprint density at radius 2 is 1.55 bits per heavy atom. The third kappa shape index (κ3) is 6.98. The molecular weight excluding hydrogens is 288 g/mol. The van der Waals surface area contributed by atoms with Gasteiger partial charge in [0.1, 0.15) is 0 Å². The molecule has 7 heteroatoms. The van der Waals surface area contributed by atoms with Crippen LogP contribution in [-0.4, -0.2) is 44.9 Å². The average Bonchev–Trinajstić information content (AvgIpc) is 2.45. The van der Waals surface area contributed by atoms with Gasteiger partial charge in [-0.05, 0) is 19.4 Å². The molecule has 1 atom stereocenters. The molecule has 22 heavy (non-hydrogen) atoms. The molecule has 0 heterocycles. The molecule has 122 valence electrons. The van der Waals surface area contributed by atoms with Crippen LogP contribution in [0.2, 0.25) is 0 Å². The van der Waals surface area contributed by atoms with Crippen molar-refractivity contribution in [2.75, 3.05) is 7.05 Å². The number of hydrogen-bond donors (Lipinski definition) is 4. The summed E-state index contributed by atoms with van der Waals surface area (Å²) >= 11 is 0. The normalized spacial score (nSPS) is 12.6. The minimum atomic E-state index is -1.26. The van der Waals surface area contributed by atoms with Gasteiger partial charge in [-0.3, -0.25) is 5.84 Å². The molecular formula is C15H22N2O5. The number of carboxylic acid groups (broad SMARTS) is 2. The van der Waals surface area contributed by atoms with Gasteiger partial charge in [-0.2, -0.15) is 0 Å². The number of benzene rings is 1. The molecule has 0 radical (unpaired) electrons. The number of carbonyl (C=O) groups is 2. The maximum Gasteiger partial charge on any atom is 0.328 e. The molecule has 0 saturated carbocycles. The molecule has 0 aliphatic rings. The monoisotopic (exact) mass is 310 g/mol. The summed E-state index contributed by atoms with van der Waals surface area (Å²) in [6.07, 6.45) is 0.531. The molecule has 1 aromatic carbocycles. The van der Waals surface area contributed by atoms with Crippen molar-refractivity contribution in [2.45, 2.75) is 25.5 Å². The maximum absolute atomic E-state index is 10.1. The highest BCUT2D eigenvalue weighted by Crippen LogP contribution is 2.27. The minimum absolute atomic E-state index is 0.471. The predicted molar refractivity (Wildman–Crippen MR) is 81.8 cm³/mol. The smallest absolute Gasteiger partial charge is 0.328 e. The molecule has 7 nitrogen and oxygen atoms in total. The summed E-state index contributed by atoms with van der Waals surface area (Å²) in [5.74, 6) is 3.17. The topological polar surface area (TPSA) is 124 Å². The van der Waals surface area contributed by atoms with Crippen molar-refractivity contribution in [1.29, 1.82) is 0 Å². The van der Waals surface area contributed by atoms with Crippen LogP contribution in [0.3, 0.4) is 0 Å². The second kappa shape index (κ2) is 8.93. The Labute approximate surface area is 129 Å². The quantitative estimate of drug-likeness (QED) is 0.363. The van der Waals surface area contributed by atoms with Gasteiger partial charge in [-0.1, -0.05) is 30.3 Å². The lowest BCUT2D eigenvalue weighted by molar-refractivity contribution is -0.134. The van der Waals surface area contributed by atoms with Gasteiger partial charge in [0, 0.05) is 19.2 Å². The van der Waals surface area contributed by atoms with E-state index < -0.39 is 23.6 Å². The number of nitrogens with zero attached hydrogens (tertiary/aromatic N) is 1. The van der Waals surface area contributed by atoms with E-state index in [9.17, 15) is 14.7 Å². The summed E-state index contributed by atoms with van der Waals surface area (Å²) in [5.41, 5.74) is 0.413. The van der Waals surface area contributed by atoms with Gasteiger partial charge in [0.25, 0.3) is 0 Å². The number of likely N-dealkylation sites (N-methyl/N-ethyl adjacent to an activating group) is 1. The molecule has 0 spiro atoms. The first kappa shape index (κ1) is 19.8. The van der Waals surface area contributed by atoms with E-state index in [-0.39, 0.29) is 0 Å². The summed E-state index contributed by atoms with van der Waals surface area (Å²) in [6, 6.07) is 9.54. The van der Waals surface area contributed by atoms with E-state index >= 15 is 0 Å². The van der Waals surface area contributed by atoms with Crippen molar-refractivity contribution in [1.82, 2.24) is 5.01 Å². The second-order valence-corrected chi connectivity index (χ2v) is 5.09. The zero-order chi connectivity index (χ0) is 17.3. The average molecular weight is 310 g/mol. The zero-order valence-corrected chi connectivity index (χ0v) is 12.8. The number of rotatable bonds is 5. The molecule has 1 unspecified atom stereocenters. The fourth-order valence-electron chi connectivity index (χ4n) is 1.38. The number of hydrazine groups is 1. The van der Waals surface area contributed by atoms with Crippen LogP contribution in [0.15, 0.2) is 42.5 Å².